The number of halogens is 1. The molecule has 2 N–H and O–H groups in total. The van der Waals surface area contributed by atoms with Gasteiger partial charge in [0.15, 0.2) is 0 Å². The summed E-state index contributed by atoms with van der Waals surface area (Å²) in [4.78, 5) is 14.8. The Morgan fingerprint density at radius 2 is 1.82 bits per heavy atom. The molecule has 0 aliphatic carbocycles. The van der Waals surface area contributed by atoms with Crippen LogP contribution in [0.1, 0.15) is 81.6 Å². The van der Waals surface area contributed by atoms with Crippen LogP contribution in [0.2, 0.25) is 5.02 Å². The Labute approximate surface area is 203 Å². The van der Waals surface area contributed by atoms with E-state index in [0.29, 0.717) is 16.8 Å². The lowest BCUT2D eigenvalue weighted by molar-refractivity contribution is 0.0690. The number of benzene rings is 1. The van der Waals surface area contributed by atoms with Crippen molar-refractivity contribution in [3.05, 3.63) is 53.2 Å². The Kier molecular flexibility index (Phi) is 13.8. The number of pyridine rings is 1. The van der Waals surface area contributed by atoms with Crippen molar-refractivity contribution in [1.29, 1.82) is 0 Å². The van der Waals surface area contributed by atoms with Crippen molar-refractivity contribution in [2.24, 2.45) is 0 Å². The van der Waals surface area contributed by atoms with Crippen LogP contribution < -0.4 is 5.32 Å². The quantitative estimate of drug-likeness (QED) is 0.324. The van der Waals surface area contributed by atoms with Gasteiger partial charge >= 0.3 is 5.97 Å². The number of carboxylic acids is 1. The zero-order chi connectivity index (χ0) is 23.7. The van der Waals surface area contributed by atoms with Crippen molar-refractivity contribution in [2.45, 2.75) is 77.2 Å². The number of aromatic nitrogens is 1. The summed E-state index contributed by atoms with van der Waals surface area (Å²) in [6.07, 6.45) is 13.8. The molecular formula is C27H39ClN2O3. The van der Waals surface area contributed by atoms with Gasteiger partial charge in [0.25, 0.3) is 0 Å². The Morgan fingerprint density at radius 3 is 2.48 bits per heavy atom. The summed E-state index contributed by atoms with van der Waals surface area (Å²) in [6.45, 7) is 5.36. The molecule has 1 aromatic heterocycles. The predicted molar refractivity (Wildman–Crippen MR) is 136 cm³/mol. The predicted octanol–water partition coefficient (Wildman–Crippen LogP) is 7.00. The summed E-state index contributed by atoms with van der Waals surface area (Å²) >= 11 is 5.85. The minimum Gasteiger partial charge on any atom is -0.477 e. The van der Waals surface area contributed by atoms with Crippen LogP contribution in [0.4, 0.5) is 0 Å². The van der Waals surface area contributed by atoms with E-state index >= 15 is 0 Å². The van der Waals surface area contributed by atoms with Crippen LogP contribution in [0.5, 0.6) is 0 Å². The minimum atomic E-state index is -1.04. The van der Waals surface area contributed by atoms with Gasteiger partial charge in [-0.25, -0.2) is 9.78 Å². The number of hydrogen-bond donors (Lipinski definition) is 2. The van der Waals surface area contributed by atoms with Crippen LogP contribution in [0.25, 0.3) is 11.3 Å². The summed E-state index contributed by atoms with van der Waals surface area (Å²) in [5.74, 6) is -1.04. The molecule has 6 heteroatoms. The first-order valence-corrected chi connectivity index (χ1v) is 12.8. The lowest BCUT2D eigenvalue weighted by Crippen LogP contribution is -2.37. The third-order valence-corrected chi connectivity index (χ3v) is 5.95. The molecule has 0 bridgehead atoms. The Bertz CT molecular complexity index is 809. The van der Waals surface area contributed by atoms with E-state index in [0.717, 1.165) is 18.8 Å². The Balaban J connectivity index is 0.000000234. The molecule has 1 aromatic carbocycles. The maximum absolute atomic E-state index is 10.8. The fourth-order valence-electron chi connectivity index (χ4n) is 3.83. The van der Waals surface area contributed by atoms with E-state index in [1.54, 1.807) is 30.3 Å². The van der Waals surface area contributed by atoms with E-state index in [1.807, 2.05) is 6.07 Å². The highest BCUT2D eigenvalue weighted by Gasteiger charge is 2.12. The van der Waals surface area contributed by atoms with Crippen molar-refractivity contribution in [1.82, 2.24) is 10.3 Å². The average Bonchev–Trinajstić information content (AvgIpc) is 2.84. The van der Waals surface area contributed by atoms with Gasteiger partial charge in [0.05, 0.1) is 12.3 Å². The van der Waals surface area contributed by atoms with Gasteiger partial charge in [-0.1, -0.05) is 81.7 Å². The van der Waals surface area contributed by atoms with E-state index in [2.05, 4.69) is 17.2 Å². The van der Waals surface area contributed by atoms with Crippen molar-refractivity contribution in [3.8, 4) is 11.3 Å². The largest absolute Gasteiger partial charge is 0.477 e. The average molecular weight is 475 g/mol. The molecule has 2 heterocycles. The molecule has 1 saturated heterocycles. The number of hydrogen-bond acceptors (Lipinski definition) is 4. The highest BCUT2D eigenvalue weighted by atomic mass is 35.5. The van der Waals surface area contributed by atoms with Gasteiger partial charge in [-0.15, -0.1) is 0 Å². The topological polar surface area (TPSA) is 71.5 Å². The standard InChI is InChI=1S/C15H31NO.C12H8ClNO2/c1-2-3-4-5-6-7-8-9-12-16-15-11-10-13-17-14-15;13-9-4-1-3-8(7-9)10-5-2-6-11(14-10)12(15)16/h15-16H,2-14H2,1H3;1-7H,(H,15,16). The number of carbonyl (C=O) groups is 1. The Hall–Kier alpha value is -1.95. The van der Waals surface area contributed by atoms with E-state index in [-0.39, 0.29) is 5.69 Å². The maximum atomic E-state index is 10.8. The van der Waals surface area contributed by atoms with Gasteiger partial charge in [-0.2, -0.15) is 0 Å². The molecule has 1 aliphatic heterocycles. The smallest absolute Gasteiger partial charge is 0.354 e. The maximum Gasteiger partial charge on any atom is 0.354 e. The van der Waals surface area contributed by atoms with Gasteiger partial charge in [-0.3, -0.25) is 0 Å². The van der Waals surface area contributed by atoms with E-state index in [9.17, 15) is 4.79 Å². The van der Waals surface area contributed by atoms with Gasteiger partial charge in [-0.05, 0) is 50.1 Å². The summed E-state index contributed by atoms with van der Waals surface area (Å²) in [5.41, 5.74) is 1.43. The van der Waals surface area contributed by atoms with Crippen molar-refractivity contribution >= 4 is 17.6 Å². The summed E-state index contributed by atoms with van der Waals surface area (Å²) < 4.78 is 5.45. The van der Waals surface area contributed by atoms with Gasteiger partial charge < -0.3 is 15.2 Å². The van der Waals surface area contributed by atoms with Crippen LogP contribution in [0, 0.1) is 0 Å². The van der Waals surface area contributed by atoms with E-state index in [4.69, 9.17) is 21.4 Å². The van der Waals surface area contributed by atoms with Gasteiger partial charge in [0.2, 0.25) is 0 Å². The molecule has 1 unspecified atom stereocenters. The first kappa shape index (κ1) is 27.3. The molecule has 0 saturated carbocycles. The number of nitrogens with zero attached hydrogens (tertiary/aromatic N) is 1. The molecule has 5 nitrogen and oxygen atoms in total. The number of carboxylic acid groups (broad SMARTS) is 1. The number of aromatic carboxylic acids is 1. The summed E-state index contributed by atoms with van der Waals surface area (Å²) in [6, 6.07) is 12.6. The second-order valence-electron chi connectivity index (χ2n) is 8.57. The number of nitrogens with one attached hydrogen (secondary N) is 1. The molecular weight excluding hydrogens is 436 g/mol. The van der Waals surface area contributed by atoms with Crippen molar-refractivity contribution in [2.75, 3.05) is 19.8 Å². The lowest BCUT2D eigenvalue weighted by Gasteiger charge is -2.23. The molecule has 0 radical (unpaired) electrons. The van der Waals surface area contributed by atoms with E-state index in [1.165, 1.54) is 76.8 Å². The van der Waals surface area contributed by atoms with Crippen LogP contribution >= 0.6 is 11.6 Å². The highest BCUT2D eigenvalue weighted by molar-refractivity contribution is 6.30. The molecule has 2 aromatic rings. The molecule has 0 spiro atoms. The molecule has 182 valence electrons. The minimum absolute atomic E-state index is 0.0254. The Morgan fingerprint density at radius 1 is 1.09 bits per heavy atom. The fraction of sp³-hybridized carbons (Fsp3) is 0.556. The van der Waals surface area contributed by atoms with Crippen LogP contribution in [0.3, 0.4) is 0 Å². The second kappa shape index (κ2) is 16.6. The van der Waals surface area contributed by atoms with Gasteiger partial charge in [0, 0.05) is 23.2 Å². The highest BCUT2D eigenvalue weighted by Crippen LogP contribution is 2.21. The third-order valence-electron chi connectivity index (χ3n) is 5.71. The summed E-state index contributed by atoms with van der Waals surface area (Å²) in [7, 11) is 0. The first-order valence-electron chi connectivity index (χ1n) is 12.4. The molecule has 3 rings (SSSR count). The number of unbranched alkanes of at least 4 members (excludes halogenated alkanes) is 7. The molecule has 1 fully saturated rings. The molecule has 0 amide bonds. The van der Waals surface area contributed by atoms with E-state index < -0.39 is 5.97 Å². The zero-order valence-corrected chi connectivity index (χ0v) is 20.7. The third kappa shape index (κ3) is 11.6. The molecule has 1 aliphatic rings. The SMILES string of the molecule is CCCCCCCCCCNC1CCCOC1.O=C(O)c1cccc(-c2cccc(Cl)c2)n1. The van der Waals surface area contributed by atoms with Crippen molar-refractivity contribution < 1.29 is 14.6 Å². The zero-order valence-electron chi connectivity index (χ0n) is 19.9. The monoisotopic (exact) mass is 474 g/mol. The summed E-state index contributed by atoms with van der Waals surface area (Å²) in [5, 5.41) is 13.0. The van der Waals surface area contributed by atoms with Gasteiger partial charge in [0.1, 0.15) is 5.69 Å². The fourth-order valence-corrected chi connectivity index (χ4v) is 4.02. The second-order valence-corrected chi connectivity index (χ2v) is 9.00. The number of ether oxygens (including phenoxy) is 1. The normalized spacial score (nSPS) is 15.5. The van der Waals surface area contributed by atoms with Crippen LogP contribution in [0.15, 0.2) is 42.5 Å². The number of rotatable bonds is 12. The van der Waals surface area contributed by atoms with Crippen molar-refractivity contribution in [3.63, 3.8) is 0 Å². The van der Waals surface area contributed by atoms with Crippen LogP contribution in [-0.2, 0) is 4.74 Å². The molecule has 33 heavy (non-hydrogen) atoms. The van der Waals surface area contributed by atoms with Crippen LogP contribution in [-0.4, -0.2) is 41.9 Å². The lowest BCUT2D eigenvalue weighted by atomic mass is 10.1. The first-order chi connectivity index (χ1) is 16.1. The molecule has 1 atom stereocenters.